The van der Waals surface area contributed by atoms with E-state index in [-0.39, 0.29) is 5.97 Å². The fraction of sp³-hybridized carbons (Fsp3) is 0.143. The normalized spacial score (nSPS) is 9.79. The number of carbonyl (C=O) groups is 1. The molecule has 0 fully saturated rings. The van der Waals surface area contributed by atoms with Gasteiger partial charge in [-0.15, -0.1) is 0 Å². The summed E-state index contributed by atoms with van der Waals surface area (Å²) in [5, 5.41) is 2.93. The average Bonchev–Trinajstić information content (AvgIpc) is 2.47. The van der Waals surface area contributed by atoms with Gasteiger partial charge in [0, 0.05) is 13.1 Å². The Morgan fingerprint density at radius 1 is 1.16 bits per heavy atom. The van der Waals surface area contributed by atoms with E-state index in [1.54, 1.807) is 37.4 Å². The van der Waals surface area contributed by atoms with Gasteiger partial charge in [0.1, 0.15) is 11.6 Å². The molecule has 0 bridgehead atoms. The van der Waals surface area contributed by atoms with Gasteiger partial charge in [0.2, 0.25) is 5.88 Å². The predicted molar refractivity (Wildman–Crippen MR) is 71.6 cm³/mol. The molecule has 0 aliphatic carbocycles. The first-order valence-electron chi connectivity index (χ1n) is 5.74. The first kappa shape index (κ1) is 12.9. The van der Waals surface area contributed by atoms with Crippen LogP contribution in [-0.2, 0) is 4.74 Å². The van der Waals surface area contributed by atoms with Crippen LogP contribution in [0.25, 0.3) is 0 Å². The number of ether oxygens (including phenoxy) is 2. The number of rotatable bonds is 4. The van der Waals surface area contributed by atoms with Crippen LogP contribution in [0.15, 0.2) is 42.5 Å². The summed E-state index contributed by atoms with van der Waals surface area (Å²) in [4.78, 5) is 15.5. The van der Waals surface area contributed by atoms with E-state index in [9.17, 15) is 4.79 Å². The highest BCUT2D eigenvalue weighted by Crippen LogP contribution is 2.21. The van der Waals surface area contributed by atoms with E-state index in [1.807, 2.05) is 12.1 Å². The second-order valence-corrected chi connectivity index (χ2v) is 3.73. The molecule has 0 radical (unpaired) electrons. The van der Waals surface area contributed by atoms with Crippen molar-refractivity contribution in [2.24, 2.45) is 0 Å². The van der Waals surface area contributed by atoms with Gasteiger partial charge in [0.15, 0.2) is 0 Å². The molecule has 1 heterocycles. The topological polar surface area (TPSA) is 60.5 Å². The van der Waals surface area contributed by atoms with Gasteiger partial charge in [-0.05, 0) is 30.3 Å². The van der Waals surface area contributed by atoms with Crippen molar-refractivity contribution >= 4 is 11.8 Å². The van der Waals surface area contributed by atoms with E-state index >= 15 is 0 Å². The average molecular weight is 258 g/mol. The molecule has 98 valence electrons. The highest BCUT2D eigenvalue weighted by Gasteiger charge is 2.05. The SMILES string of the molecule is CNc1cccc(Oc2ccc(C(=O)OC)cc2)n1. The van der Waals surface area contributed by atoms with E-state index in [2.05, 4.69) is 15.0 Å². The minimum absolute atomic E-state index is 0.373. The minimum atomic E-state index is -0.373. The molecule has 5 heteroatoms. The quantitative estimate of drug-likeness (QED) is 0.854. The van der Waals surface area contributed by atoms with Crippen molar-refractivity contribution in [3.05, 3.63) is 48.0 Å². The van der Waals surface area contributed by atoms with Crippen molar-refractivity contribution in [2.75, 3.05) is 19.5 Å². The summed E-state index contributed by atoms with van der Waals surface area (Å²) in [6, 6.07) is 12.1. The van der Waals surface area contributed by atoms with Crippen LogP contribution in [-0.4, -0.2) is 25.1 Å². The molecule has 0 unspecified atom stereocenters. The molecule has 0 saturated heterocycles. The molecule has 1 aromatic carbocycles. The van der Waals surface area contributed by atoms with E-state index in [1.165, 1.54) is 7.11 Å². The predicted octanol–water partition coefficient (Wildman–Crippen LogP) is 2.70. The zero-order chi connectivity index (χ0) is 13.7. The Balaban J connectivity index is 2.12. The summed E-state index contributed by atoms with van der Waals surface area (Å²) in [7, 11) is 3.14. The second kappa shape index (κ2) is 5.86. The second-order valence-electron chi connectivity index (χ2n) is 3.73. The molecule has 19 heavy (non-hydrogen) atoms. The number of pyridine rings is 1. The van der Waals surface area contributed by atoms with Crippen LogP contribution in [0, 0.1) is 0 Å². The summed E-state index contributed by atoms with van der Waals surface area (Å²) >= 11 is 0. The lowest BCUT2D eigenvalue weighted by Crippen LogP contribution is -2.00. The molecular formula is C14H14N2O3. The number of methoxy groups -OCH3 is 1. The molecule has 0 saturated carbocycles. The number of anilines is 1. The maximum absolute atomic E-state index is 11.3. The molecule has 1 N–H and O–H groups in total. The fourth-order valence-electron chi connectivity index (χ4n) is 1.51. The van der Waals surface area contributed by atoms with Gasteiger partial charge in [-0.25, -0.2) is 4.79 Å². The lowest BCUT2D eigenvalue weighted by Gasteiger charge is -2.06. The number of hydrogen-bond acceptors (Lipinski definition) is 5. The molecule has 0 spiro atoms. The maximum atomic E-state index is 11.3. The lowest BCUT2D eigenvalue weighted by atomic mass is 10.2. The molecule has 0 atom stereocenters. The number of nitrogens with one attached hydrogen (secondary N) is 1. The smallest absolute Gasteiger partial charge is 0.337 e. The Kier molecular flexibility index (Phi) is 3.97. The molecule has 1 aromatic heterocycles. The van der Waals surface area contributed by atoms with Crippen LogP contribution in [0.2, 0.25) is 0 Å². The lowest BCUT2D eigenvalue weighted by molar-refractivity contribution is 0.0600. The number of esters is 1. The van der Waals surface area contributed by atoms with Crippen LogP contribution < -0.4 is 10.1 Å². The van der Waals surface area contributed by atoms with Gasteiger partial charge < -0.3 is 14.8 Å². The van der Waals surface area contributed by atoms with Gasteiger partial charge >= 0.3 is 5.97 Å². The standard InChI is InChI=1S/C14H14N2O3/c1-15-12-4-3-5-13(16-12)19-11-8-6-10(7-9-11)14(17)18-2/h3-9H,1-2H3,(H,15,16). The van der Waals surface area contributed by atoms with Crippen molar-refractivity contribution in [1.82, 2.24) is 4.98 Å². The minimum Gasteiger partial charge on any atom is -0.465 e. The Morgan fingerprint density at radius 3 is 2.53 bits per heavy atom. The van der Waals surface area contributed by atoms with Crippen molar-refractivity contribution in [3.63, 3.8) is 0 Å². The summed E-state index contributed by atoms with van der Waals surface area (Å²) < 4.78 is 10.2. The van der Waals surface area contributed by atoms with Gasteiger partial charge in [-0.2, -0.15) is 4.98 Å². The monoisotopic (exact) mass is 258 g/mol. The van der Waals surface area contributed by atoms with E-state index < -0.39 is 0 Å². The Hall–Kier alpha value is -2.56. The van der Waals surface area contributed by atoms with Crippen LogP contribution in [0.3, 0.4) is 0 Å². The number of nitrogens with zero attached hydrogens (tertiary/aromatic N) is 1. The Morgan fingerprint density at radius 2 is 1.89 bits per heavy atom. The van der Waals surface area contributed by atoms with Crippen LogP contribution >= 0.6 is 0 Å². The van der Waals surface area contributed by atoms with Crippen LogP contribution in [0.5, 0.6) is 11.6 Å². The van der Waals surface area contributed by atoms with Crippen molar-refractivity contribution in [2.45, 2.75) is 0 Å². The molecule has 0 aliphatic heterocycles. The summed E-state index contributed by atoms with van der Waals surface area (Å²) in [5.74, 6) is 1.44. The van der Waals surface area contributed by atoms with E-state index in [0.717, 1.165) is 5.82 Å². The molecule has 5 nitrogen and oxygen atoms in total. The summed E-state index contributed by atoms with van der Waals surface area (Å²) in [6.45, 7) is 0. The highest BCUT2D eigenvalue weighted by atomic mass is 16.5. The molecule has 0 aliphatic rings. The fourth-order valence-corrected chi connectivity index (χ4v) is 1.51. The molecule has 2 rings (SSSR count). The summed E-state index contributed by atoms with van der Waals surface area (Å²) in [5.41, 5.74) is 0.479. The first-order valence-corrected chi connectivity index (χ1v) is 5.74. The number of carbonyl (C=O) groups excluding carboxylic acids is 1. The zero-order valence-corrected chi connectivity index (χ0v) is 10.7. The van der Waals surface area contributed by atoms with Crippen LogP contribution in [0.4, 0.5) is 5.82 Å². The van der Waals surface area contributed by atoms with Crippen LogP contribution in [0.1, 0.15) is 10.4 Å². The Bertz CT molecular complexity index is 567. The molecule has 2 aromatic rings. The molecule has 0 amide bonds. The third-order valence-electron chi connectivity index (χ3n) is 2.48. The largest absolute Gasteiger partial charge is 0.465 e. The zero-order valence-electron chi connectivity index (χ0n) is 10.7. The number of benzene rings is 1. The Labute approximate surface area is 111 Å². The molecular weight excluding hydrogens is 244 g/mol. The van der Waals surface area contributed by atoms with Gasteiger partial charge in [0.25, 0.3) is 0 Å². The van der Waals surface area contributed by atoms with Crippen molar-refractivity contribution < 1.29 is 14.3 Å². The van der Waals surface area contributed by atoms with Gasteiger partial charge in [0.05, 0.1) is 12.7 Å². The van der Waals surface area contributed by atoms with Crippen molar-refractivity contribution in [3.8, 4) is 11.6 Å². The van der Waals surface area contributed by atoms with E-state index in [0.29, 0.717) is 17.2 Å². The first-order chi connectivity index (χ1) is 9.22. The number of hydrogen-bond donors (Lipinski definition) is 1. The third-order valence-corrected chi connectivity index (χ3v) is 2.48. The van der Waals surface area contributed by atoms with Gasteiger partial charge in [-0.3, -0.25) is 0 Å². The summed E-state index contributed by atoms with van der Waals surface area (Å²) in [6.07, 6.45) is 0. The number of aromatic nitrogens is 1. The maximum Gasteiger partial charge on any atom is 0.337 e. The van der Waals surface area contributed by atoms with E-state index in [4.69, 9.17) is 4.74 Å². The highest BCUT2D eigenvalue weighted by molar-refractivity contribution is 5.89. The van der Waals surface area contributed by atoms with Crippen molar-refractivity contribution in [1.29, 1.82) is 0 Å². The third kappa shape index (κ3) is 3.22. The van der Waals surface area contributed by atoms with Gasteiger partial charge in [-0.1, -0.05) is 6.07 Å².